The van der Waals surface area contributed by atoms with Gasteiger partial charge >= 0.3 is 13.8 Å². The fraction of sp³-hybridized carbons (Fsp3) is 0.667. The summed E-state index contributed by atoms with van der Waals surface area (Å²) < 4.78 is 26.0. The zero-order valence-corrected chi connectivity index (χ0v) is 10.2. The molecule has 0 aromatic heterocycles. The first kappa shape index (κ1) is 14.4. The summed E-state index contributed by atoms with van der Waals surface area (Å²) in [7, 11) is -2.62. The van der Waals surface area contributed by atoms with Crippen molar-refractivity contribution >= 4 is 13.8 Å². The van der Waals surface area contributed by atoms with Crippen LogP contribution >= 0.6 is 7.82 Å². The summed E-state index contributed by atoms with van der Waals surface area (Å²) in [5, 5.41) is 0. The second-order valence-electron chi connectivity index (χ2n) is 2.79. The third-order valence-electron chi connectivity index (χ3n) is 1.78. The van der Waals surface area contributed by atoms with E-state index in [0.717, 1.165) is 6.08 Å². The SMILES string of the molecule is C=CC(=O)OP(=O)(OC)OC(CC)CC. The standard InChI is InChI=1S/C9H17O5P/c1-5-8(6-2)13-15(11,12-4)14-9(10)7-3/h7-8H,3,5-6H2,1-2,4H3. The predicted octanol–water partition coefficient (Wildman–Crippen LogP) is 2.68. The molecule has 0 saturated carbocycles. The summed E-state index contributed by atoms with van der Waals surface area (Å²) >= 11 is 0. The van der Waals surface area contributed by atoms with Gasteiger partial charge in [-0.05, 0) is 12.8 Å². The van der Waals surface area contributed by atoms with Gasteiger partial charge in [-0.25, -0.2) is 9.36 Å². The smallest absolute Gasteiger partial charge is 0.367 e. The van der Waals surface area contributed by atoms with Gasteiger partial charge in [0, 0.05) is 13.2 Å². The van der Waals surface area contributed by atoms with Crippen molar-refractivity contribution in [1.82, 2.24) is 0 Å². The summed E-state index contributed by atoms with van der Waals surface area (Å²) in [6.45, 7) is 6.95. The molecule has 0 amide bonds. The van der Waals surface area contributed by atoms with E-state index < -0.39 is 13.8 Å². The lowest BCUT2D eigenvalue weighted by Gasteiger charge is -2.19. The quantitative estimate of drug-likeness (QED) is 0.502. The summed E-state index contributed by atoms with van der Waals surface area (Å²) in [6, 6.07) is 0. The van der Waals surface area contributed by atoms with Crippen LogP contribution in [0.2, 0.25) is 0 Å². The molecule has 1 unspecified atom stereocenters. The zero-order valence-electron chi connectivity index (χ0n) is 9.26. The first-order chi connectivity index (χ1) is 7.01. The Morgan fingerprint density at radius 3 is 2.33 bits per heavy atom. The van der Waals surface area contributed by atoms with Crippen molar-refractivity contribution in [2.45, 2.75) is 32.8 Å². The minimum absolute atomic E-state index is 0.256. The number of carbonyl (C=O) groups excluding carboxylic acids is 1. The Morgan fingerprint density at radius 1 is 1.47 bits per heavy atom. The summed E-state index contributed by atoms with van der Waals surface area (Å²) in [5.41, 5.74) is 0. The maximum Gasteiger partial charge on any atom is 0.532 e. The van der Waals surface area contributed by atoms with Gasteiger partial charge in [-0.1, -0.05) is 20.4 Å². The molecule has 88 valence electrons. The lowest BCUT2D eigenvalue weighted by molar-refractivity contribution is -0.131. The second-order valence-corrected chi connectivity index (χ2v) is 4.44. The molecule has 0 radical (unpaired) electrons. The van der Waals surface area contributed by atoms with Crippen LogP contribution in [-0.2, 0) is 22.9 Å². The van der Waals surface area contributed by atoms with Gasteiger partial charge in [0.2, 0.25) is 0 Å². The molecule has 0 fully saturated rings. The van der Waals surface area contributed by atoms with Gasteiger partial charge in [0.15, 0.2) is 0 Å². The molecule has 0 aliphatic rings. The highest BCUT2D eigenvalue weighted by Crippen LogP contribution is 2.50. The van der Waals surface area contributed by atoms with Gasteiger partial charge in [-0.2, -0.15) is 0 Å². The van der Waals surface area contributed by atoms with E-state index in [1.165, 1.54) is 7.11 Å². The first-order valence-corrected chi connectivity index (χ1v) is 6.17. The van der Waals surface area contributed by atoms with Crippen LogP contribution < -0.4 is 0 Å². The fourth-order valence-electron chi connectivity index (χ4n) is 0.870. The molecular weight excluding hydrogens is 219 g/mol. The molecule has 15 heavy (non-hydrogen) atoms. The summed E-state index contributed by atoms with van der Waals surface area (Å²) in [6.07, 6.45) is 1.97. The van der Waals surface area contributed by atoms with E-state index in [2.05, 4.69) is 15.6 Å². The van der Waals surface area contributed by atoms with Crippen LogP contribution in [0.15, 0.2) is 12.7 Å². The van der Waals surface area contributed by atoms with Gasteiger partial charge in [0.1, 0.15) is 0 Å². The molecular formula is C9H17O5P. The van der Waals surface area contributed by atoms with Crippen molar-refractivity contribution in [3.05, 3.63) is 12.7 Å². The van der Waals surface area contributed by atoms with Crippen LogP contribution in [0.5, 0.6) is 0 Å². The van der Waals surface area contributed by atoms with E-state index in [9.17, 15) is 9.36 Å². The molecule has 0 heterocycles. The molecule has 0 rings (SSSR count). The van der Waals surface area contributed by atoms with Gasteiger partial charge < -0.3 is 4.52 Å². The Hall–Kier alpha value is -0.640. The zero-order chi connectivity index (χ0) is 11.9. The molecule has 0 aliphatic carbocycles. The van der Waals surface area contributed by atoms with E-state index in [-0.39, 0.29) is 6.10 Å². The van der Waals surface area contributed by atoms with Crippen molar-refractivity contribution in [3.63, 3.8) is 0 Å². The maximum atomic E-state index is 11.7. The normalized spacial score (nSPS) is 14.7. The van der Waals surface area contributed by atoms with Crippen LogP contribution in [0.25, 0.3) is 0 Å². The van der Waals surface area contributed by atoms with Crippen LogP contribution in [0.4, 0.5) is 0 Å². The number of hydrogen-bond donors (Lipinski definition) is 0. The van der Waals surface area contributed by atoms with Crippen molar-refractivity contribution in [2.75, 3.05) is 7.11 Å². The minimum Gasteiger partial charge on any atom is -0.367 e. The van der Waals surface area contributed by atoms with Crippen molar-refractivity contribution in [3.8, 4) is 0 Å². The Balaban J connectivity index is 4.49. The number of phosphoric acid groups is 1. The Morgan fingerprint density at radius 2 is 2.00 bits per heavy atom. The molecule has 0 bridgehead atoms. The number of carbonyl (C=O) groups is 1. The lowest BCUT2D eigenvalue weighted by Crippen LogP contribution is -2.12. The van der Waals surface area contributed by atoms with E-state index in [1.54, 1.807) is 0 Å². The summed E-state index contributed by atoms with van der Waals surface area (Å²) in [5.74, 6) is -0.828. The molecule has 6 heteroatoms. The highest BCUT2D eigenvalue weighted by atomic mass is 31.2. The highest BCUT2D eigenvalue weighted by molar-refractivity contribution is 7.49. The first-order valence-electron chi connectivity index (χ1n) is 4.71. The molecule has 5 nitrogen and oxygen atoms in total. The topological polar surface area (TPSA) is 61.8 Å². The van der Waals surface area contributed by atoms with Crippen LogP contribution in [0.3, 0.4) is 0 Å². The third-order valence-corrected chi connectivity index (χ3v) is 3.19. The van der Waals surface area contributed by atoms with Gasteiger partial charge in [-0.15, -0.1) is 0 Å². The average molecular weight is 236 g/mol. The summed E-state index contributed by atoms with van der Waals surface area (Å²) in [4.78, 5) is 10.9. The second kappa shape index (κ2) is 6.77. The van der Waals surface area contributed by atoms with E-state index in [4.69, 9.17) is 4.52 Å². The highest BCUT2D eigenvalue weighted by Gasteiger charge is 2.31. The molecule has 0 aromatic carbocycles. The predicted molar refractivity (Wildman–Crippen MR) is 56.4 cm³/mol. The molecule has 0 saturated heterocycles. The van der Waals surface area contributed by atoms with Gasteiger partial charge in [-0.3, -0.25) is 9.05 Å². The number of rotatable bonds is 7. The molecule has 0 N–H and O–H groups in total. The monoisotopic (exact) mass is 236 g/mol. The van der Waals surface area contributed by atoms with E-state index in [0.29, 0.717) is 12.8 Å². The van der Waals surface area contributed by atoms with Crippen molar-refractivity contribution in [1.29, 1.82) is 0 Å². The number of phosphoric ester groups is 1. The van der Waals surface area contributed by atoms with Crippen molar-refractivity contribution < 1.29 is 22.9 Å². The van der Waals surface area contributed by atoms with Crippen molar-refractivity contribution in [2.24, 2.45) is 0 Å². The van der Waals surface area contributed by atoms with Crippen LogP contribution in [-0.4, -0.2) is 19.2 Å². The van der Waals surface area contributed by atoms with E-state index in [1.807, 2.05) is 13.8 Å². The lowest BCUT2D eigenvalue weighted by atomic mass is 10.2. The number of hydrogen-bond acceptors (Lipinski definition) is 5. The molecule has 0 spiro atoms. The Bertz CT molecular complexity index is 259. The van der Waals surface area contributed by atoms with Gasteiger partial charge in [0.25, 0.3) is 0 Å². The van der Waals surface area contributed by atoms with Crippen LogP contribution in [0.1, 0.15) is 26.7 Å². The average Bonchev–Trinajstić information content (AvgIpc) is 2.25. The molecule has 1 atom stereocenters. The van der Waals surface area contributed by atoms with Gasteiger partial charge in [0.05, 0.1) is 6.10 Å². The third kappa shape index (κ3) is 5.11. The minimum atomic E-state index is -3.78. The largest absolute Gasteiger partial charge is 0.532 e. The molecule has 0 aliphatic heterocycles. The maximum absolute atomic E-state index is 11.7. The molecule has 0 aromatic rings. The van der Waals surface area contributed by atoms with Crippen LogP contribution in [0, 0.1) is 0 Å². The Labute approximate surface area is 90.0 Å². The Kier molecular flexibility index (Phi) is 6.48. The van der Waals surface area contributed by atoms with E-state index >= 15 is 0 Å². The fourth-order valence-corrected chi connectivity index (χ4v) is 2.03.